The van der Waals surface area contributed by atoms with Crippen molar-refractivity contribution in [2.24, 2.45) is 0 Å². The molecule has 0 bridgehead atoms. The topological polar surface area (TPSA) is 82.7 Å². The Hall–Kier alpha value is -1.90. The molecule has 6 heteroatoms. The number of hydrogen-bond donors (Lipinski definition) is 2. The maximum absolute atomic E-state index is 12.2. The molecule has 1 aromatic rings. The zero-order valence-electron chi connectivity index (χ0n) is 6.34. The van der Waals surface area contributed by atoms with Crippen molar-refractivity contribution < 1.29 is 8.78 Å². The molecular weight excluding hydrogens is 180 g/mol. The van der Waals surface area contributed by atoms with E-state index in [0.717, 1.165) is 6.07 Å². The number of nitriles is 1. The first-order valence-electron chi connectivity index (χ1n) is 3.27. The number of nitrogens with two attached hydrogens (primary N) is 1. The second-order valence-corrected chi connectivity index (χ2v) is 2.29. The minimum atomic E-state index is -2.80. The summed E-state index contributed by atoms with van der Waals surface area (Å²) < 4.78 is 24.3. The predicted octanol–water partition coefficient (Wildman–Crippen LogP) is 0.766. The van der Waals surface area contributed by atoms with E-state index in [0.29, 0.717) is 0 Å². The van der Waals surface area contributed by atoms with E-state index < -0.39 is 23.4 Å². The number of alkyl halides is 2. The number of aromatic amines is 1. The van der Waals surface area contributed by atoms with Crippen LogP contribution >= 0.6 is 0 Å². The Morgan fingerprint density at radius 1 is 1.62 bits per heavy atom. The fraction of sp³-hybridized carbons (Fsp3) is 0.143. The molecule has 4 nitrogen and oxygen atoms in total. The molecule has 3 N–H and O–H groups in total. The highest BCUT2D eigenvalue weighted by Gasteiger charge is 2.14. The molecule has 0 unspecified atom stereocenters. The normalized spacial score (nSPS) is 10.0. The summed E-state index contributed by atoms with van der Waals surface area (Å²) in [4.78, 5) is 12.8. The summed E-state index contributed by atoms with van der Waals surface area (Å²) in [6.45, 7) is 0. The summed E-state index contributed by atoms with van der Waals surface area (Å²) in [5.74, 6) is -0.404. The number of aromatic nitrogens is 1. The number of halogens is 2. The second-order valence-electron chi connectivity index (χ2n) is 2.29. The molecule has 0 atom stereocenters. The number of pyridine rings is 1. The van der Waals surface area contributed by atoms with Gasteiger partial charge < -0.3 is 10.7 Å². The van der Waals surface area contributed by atoms with E-state index in [1.165, 1.54) is 6.07 Å². The van der Waals surface area contributed by atoms with Crippen LogP contribution in [0.5, 0.6) is 0 Å². The van der Waals surface area contributed by atoms with Crippen LogP contribution in [0.2, 0.25) is 0 Å². The van der Waals surface area contributed by atoms with Gasteiger partial charge in [0.05, 0.1) is 5.56 Å². The smallest absolute Gasteiger partial charge is 0.267 e. The minimum Gasteiger partial charge on any atom is -0.385 e. The number of H-pyrrole nitrogens is 1. The predicted molar refractivity (Wildman–Crippen MR) is 41.1 cm³/mol. The van der Waals surface area contributed by atoms with Crippen molar-refractivity contribution in [3.63, 3.8) is 0 Å². The van der Waals surface area contributed by atoms with Crippen LogP contribution in [-0.2, 0) is 0 Å². The van der Waals surface area contributed by atoms with Crippen LogP contribution in [0.3, 0.4) is 0 Å². The maximum Gasteiger partial charge on any atom is 0.267 e. The molecule has 0 radical (unpaired) electrons. The van der Waals surface area contributed by atoms with E-state index >= 15 is 0 Å². The summed E-state index contributed by atoms with van der Waals surface area (Å²) >= 11 is 0. The lowest BCUT2D eigenvalue weighted by atomic mass is 10.2. The van der Waals surface area contributed by atoms with Crippen LogP contribution in [0.15, 0.2) is 10.9 Å². The van der Waals surface area contributed by atoms with Gasteiger partial charge in [0.15, 0.2) is 0 Å². The van der Waals surface area contributed by atoms with E-state index in [1.54, 1.807) is 0 Å². The molecule has 68 valence electrons. The van der Waals surface area contributed by atoms with Crippen LogP contribution in [-0.4, -0.2) is 4.98 Å². The lowest BCUT2D eigenvalue weighted by molar-refractivity contribution is 0.152. The van der Waals surface area contributed by atoms with Gasteiger partial charge in [-0.25, -0.2) is 8.78 Å². The zero-order valence-corrected chi connectivity index (χ0v) is 6.34. The van der Waals surface area contributed by atoms with Crippen LogP contribution in [0.1, 0.15) is 17.6 Å². The van der Waals surface area contributed by atoms with Crippen LogP contribution in [0, 0.1) is 11.3 Å². The number of rotatable bonds is 1. The Morgan fingerprint density at radius 3 is 2.69 bits per heavy atom. The van der Waals surface area contributed by atoms with E-state index in [2.05, 4.69) is 0 Å². The molecule has 0 saturated heterocycles. The molecule has 1 heterocycles. The molecule has 0 spiro atoms. The lowest BCUT2D eigenvalue weighted by Crippen LogP contribution is -2.14. The van der Waals surface area contributed by atoms with Crippen molar-refractivity contribution in [3.05, 3.63) is 27.5 Å². The third kappa shape index (κ3) is 1.64. The van der Waals surface area contributed by atoms with Gasteiger partial charge in [-0.05, 0) is 6.07 Å². The number of nitrogens with zero attached hydrogens (tertiary/aromatic N) is 1. The van der Waals surface area contributed by atoms with E-state index in [-0.39, 0.29) is 5.56 Å². The first kappa shape index (κ1) is 9.19. The summed E-state index contributed by atoms with van der Waals surface area (Å²) in [5, 5.41) is 8.36. The third-order valence-corrected chi connectivity index (χ3v) is 1.46. The number of nitrogen functional groups attached to an aromatic ring is 1. The van der Waals surface area contributed by atoms with Gasteiger partial charge in [-0.2, -0.15) is 5.26 Å². The van der Waals surface area contributed by atoms with Crippen molar-refractivity contribution in [2.45, 2.75) is 6.43 Å². The van der Waals surface area contributed by atoms with Crippen LogP contribution in [0.25, 0.3) is 0 Å². The van der Waals surface area contributed by atoms with Crippen LogP contribution < -0.4 is 11.3 Å². The first-order valence-corrected chi connectivity index (χ1v) is 3.27. The fourth-order valence-corrected chi connectivity index (χ4v) is 0.824. The highest BCUT2D eigenvalue weighted by molar-refractivity contribution is 5.44. The van der Waals surface area contributed by atoms with Crippen LogP contribution in [0.4, 0.5) is 14.6 Å². The summed E-state index contributed by atoms with van der Waals surface area (Å²) in [6.07, 6.45) is -2.80. The van der Waals surface area contributed by atoms with E-state index in [4.69, 9.17) is 11.0 Å². The average Bonchev–Trinajstić information content (AvgIpc) is 2.03. The molecule has 0 amide bonds. The highest BCUT2D eigenvalue weighted by atomic mass is 19.3. The monoisotopic (exact) mass is 185 g/mol. The molecule has 0 aliphatic carbocycles. The summed E-state index contributed by atoms with van der Waals surface area (Å²) in [6, 6.07) is 2.28. The molecule has 0 fully saturated rings. The van der Waals surface area contributed by atoms with Crippen molar-refractivity contribution >= 4 is 5.82 Å². The molecular formula is C7H5F2N3O. The molecule has 0 aromatic carbocycles. The lowest BCUT2D eigenvalue weighted by Gasteiger charge is -2.02. The minimum absolute atomic E-state index is 0.371. The number of hydrogen-bond acceptors (Lipinski definition) is 3. The van der Waals surface area contributed by atoms with Gasteiger partial charge in [-0.3, -0.25) is 4.79 Å². The van der Waals surface area contributed by atoms with E-state index in [1.807, 2.05) is 4.98 Å². The molecule has 13 heavy (non-hydrogen) atoms. The summed E-state index contributed by atoms with van der Waals surface area (Å²) in [5.41, 5.74) is 3.44. The largest absolute Gasteiger partial charge is 0.385 e. The van der Waals surface area contributed by atoms with Gasteiger partial charge in [0.25, 0.3) is 12.0 Å². The fourth-order valence-electron chi connectivity index (χ4n) is 0.824. The first-order chi connectivity index (χ1) is 6.06. The van der Waals surface area contributed by atoms with Gasteiger partial charge in [0.1, 0.15) is 17.5 Å². The van der Waals surface area contributed by atoms with Crippen molar-refractivity contribution in [2.75, 3.05) is 5.73 Å². The molecule has 0 aliphatic heterocycles. The SMILES string of the molecule is N#Cc1cc(C(F)F)c(N)[nH]c1=O. The maximum atomic E-state index is 12.2. The second kappa shape index (κ2) is 3.23. The summed E-state index contributed by atoms with van der Waals surface area (Å²) in [7, 11) is 0. The van der Waals surface area contributed by atoms with Gasteiger partial charge in [0.2, 0.25) is 0 Å². The Bertz CT molecular complexity index is 419. The third-order valence-electron chi connectivity index (χ3n) is 1.46. The number of nitrogens with one attached hydrogen (secondary N) is 1. The van der Waals surface area contributed by atoms with Crippen molar-refractivity contribution in [1.29, 1.82) is 5.26 Å². The Morgan fingerprint density at radius 2 is 2.23 bits per heavy atom. The molecule has 0 aliphatic rings. The van der Waals surface area contributed by atoms with E-state index in [9.17, 15) is 13.6 Å². The van der Waals surface area contributed by atoms with Gasteiger partial charge in [-0.15, -0.1) is 0 Å². The average molecular weight is 185 g/mol. The number of anilines is 1. The Kier molecular flexibility index (Phi) is 2.28. The van der Waals surface area contributed by atoms with Gasteiger partial charge >= 0.3 is 0 Å². The Labute approximate surface area is 71.6 Å². The van der Waals surface area contributed by atoms with Gasteiger partial charge in [-0.1, -0.05) is 0 Å². The highest BCUT2D eigenvalue weighted by Crippen LogP contribution is 2.22. The zero-order chi connectivity index (χ0) is 10.0. The van der Waals surface area contributed by atoms with Crippen molar-refractivity contribution in [1.82, 2.24) is 4.98 Å². The van der Waals surface area contributed by atoms with Crippen molar-refractivity contribution in [3.8, 4) is 6.07 Å². The Balaban J connectivity index is 3.42. The standard InChI is InChI=1S/C7H5F2N3O/c8-5(9)4-1-3(2-10)7(13)12-6(4)11/h1,5H,(H3,11,12,13). The molecule has 0 saturated carbocycles. The quantitative estimate of drug-likeness (QED) is 0.677. The van der Waals surface area contributed by atoms with Gasteiger partial charge in [0, 0.05) is 0 Å². The molecule has 1 rings (SSSR count). The molecule has 1 aromatic heterocycles.